The van der Waals surface area contributed by atoms with Crippen LogP contribution in [-0.4, -0.2) is 41.3 Å². The largest absolute Gasteiger partial charge is 0.481 e. The van der Waals surface area contributed by atoms with E-state index in [1.54, 1.807) is 0 Å². The quantitative estimate of drug-likeness (QED) is 0.463. The molecule has 0 bridgehead atoms. The van der Waals surface area contributed by atoms with Crippen molar-refractivity contribution in [1.82, 2.24) is 0 Å². The van der Waals surface area contributed by atoms with E-state index in [9.17, 15) is 9.59 Å². The molecular weight excluding hydrogens is 152 g/mol. The molecule has 1 fully saturated rings. The Kier molecular flexibility index (Phi) is 2.21. The van der Waals surface area contributed by atoms with E-state index >= 15 is 0 Å². The average molecular weight is 160 g/mol. The monoisotopic (exact) mass is 160 g/mol. The van der Waals surface area contributed by atoms with E-state index in [-0.39, 0.29) is 13.2 Å². The van der Waals surface area contributed by atoms with Crippen molar-refractivity contribution in [2.24, 2.45) is 5.92 Å². The summed E-state index contributed by atoms with van der Waals surface area (Å²) in [6.45, 7) is -0.228. The molecule has 2 unspecified atom stereocenters. The van der Waals surface area contributed by atoms with Crippen molar-refractivity contribution in [1.29, 1.82) is 0 Å². The molecule has 2 N–H and O–H groups in total. The number of ketones is 1. The van der Waals surface area contributed by atoms with Crippen LogP contribution in [-0.2, 0) is 14.3 Å². The third-order valence-corrected chi connectivity index (χ3v) is 1.53. The maximum Gasteiger partial charge on any atom is 0.316 e. The van der Waals surface area contributed by atoms with E-state index in [1.165, 1.54) is 0 Å². The summed E-state index contributed by atoms with van der Waals surface area (Å²) in [6.07, 6.45) is -1.27. The van der Waals surface area contributed by atoms with Gasteiger partial charge >= 0.3 is 5.97 Å². The Morgan fingerprint density at radius 1 is 1.55 bits per heavy atom. The second-order valence-corrected chi connectivity index (χ2v) is 2.35. The molecule has 0 aromatic carbocycles. The first-order valence-corrected chi connectivity index (χ1v) is 3.15. The third kappa shape index (κ3) is 1.55. The molecule has 2 atom stereocenters. The molecule has 0 aromatic heterocycles. The number of aliphatic hydroxyl groups excluding tert-OH is 1. The molecule has 1 saturated heterocycles. The number of hydrogen-bond donors (Lipinski definition) is 2. The van der Waals surface area contributed by atoms with Crippen LogP contribution in [0.4, 0.5) is 0 Å². The minimum atomic E-state index is -1.27. The minimum Gasteiger partial charge on any atom is -0.481 e. The molecule has 0 amide bonds. The van der Waals surface area contributed by atoms with Gasteiger partial charge in [0.15, 0.2) is 5.78 Å². The van der Waals surface area contributed by atoms with Gasteiger partial charge in [-0.15, -0.1) is 0 Å². The van der Waals surface area contributed by atoms with Crippen molar-refractivity contribution in [2.45, 2.75) is 6.10 Å². The fourth-order valence-corrected chi connectivity index (χ4v) is 0.887. The average Bonchev–Trinajstić information content (AvgIpc) is 1.94. The molecule has 0 radical (unpaired) electrons. The van der Waals surface area contributed by atoms with Crippen LogP contribution in [0.15, 0.2) is 0 Å². The SMILES string of the molecule is O=C(O)C1COCC(O)C1=O. The van der Waals surface area contributed by atoms with Crippen LogP contribution in [0, 0.1) is 5.92 Å². The lowest BCUT2D eigenvalue weighted by atomic mass is 9.99. The van der Waals surface area contributed by atoms with Gasteiger partial charge in [0.25, 0.3) is 0 Å². The number of carboxylic acid groups (broad SMARTS) is 1. The maximum absolute atomic E-state index is 10.9. The third-order valence-electron chi connectivity index (χ3n) is 1.53. The van der Waals surface area contributed by atoms with Crippen LogP contribution in [0.2, 0.25) is 0 Å². The highest BCUT2D eigenvalue weighted by Gasteiger charge is 2.35. The van der Waals surface area contributed by atoms with Crippen molar-refractivity contribution < 1.29 is 24.5 Å². The molecule has 1 aliphatic heterocycles. The number of hydrogen-bond acceptors (Lipinski definition) is 4. The number of aliphatic carboxylic acids is 1. The molecule has 1 heterocycles. The summed E-state index contributed by atoms with van der Waals surface area (Å²) in [5, 5.41) is 17.3. The molecule has 0 saturated carbocycles. The van der Waals surface area contributed by atoms with Crippen molar-refractivity contribution in [3.05, 3.63) is 0 Å². The summed E-state index contributed by atoms with van der Waals surface area (Å²) in [4.78, 5) is 21.2. The molecule has 62 valence electrons. The first kappa shape index (κ1) is 8.16. The summed E-state index contributed by atoms with van der Waals surface area (Å²) in [5.74, 6) is -3.10. The van der Waals surface area contributed by atoms with Gasteiger partial charge in [-0.05, 0) is 0 Å². The Morgan fingerprint density at radius 3 is 2.64 bits per heavy atom. The second-order valence-electron chi connectivity index (χ2n) is 2.35. The topological polar surface area (TPSA) is 83.8 Å². The number of carbonyl (C=O) groups excluding carboxylic acids is 1. The highest BCUT2D eigenvalue weighted by Crippen LogP contribution is 2.09. The van der Waals surface area contributed by atoms with E-state index in [1.807, 2.05) is 0 Å². The second kappa shape index (κ2) is 2.98. The Hall–Kier alpha value is -0.940. The van der Waals surface area contributed by atoms with Gasteiger partial charge in [0.05, 0.1) is 13.2 Å². The molecule has 0 aromatic rings. The van der Waals surface area contributed by atoms with Gasteiger partial charge in [-0.25, -0.2) is 0 Å². The summed E-state index contributed by atoms with van der Waals surface area (Å²) < 4.78 is 4.67. The minimum absolute atomic E-state index is 0.0946. The molecule has 1 rings (SSSR count). The number of Topliss-reactive ketones (excluding diaryl/α,β-unsaturated/α-hetero) is 1. The molecule has 11 heavy (non-hydrogen) atoms. The van der Waals surface area contributed by atoms with Gasteiger partial charge in [0.1, 0.15) is 12.0 Å². The van der Waals surface area contributed by atoms with Gasteiger partial charge in [-0.1, -0.05) is 0 Å². The highest BCUT2D eigenvalue weighted by atomic mass is 16.5. The van der Waals surface area contributed by atoms with Gasteiger partial charge in [0, 0.05) is 0 Å². The fourth-order valence-electron chi connectivity index (χ4n) is 0.887. The molecule has 0 aliphatic carbocycles. The van der Waals surface area contributed by atoms with Gasteiger partial charge in [0.2, 0.25) is 0 Å². The number of ether oxygens (including phenoxy) is 1. The number of carboxylic acids is 1. The zero-order valence-corrected chi connectivity index (χ0v) is 5.69. The molecular formula is C6H8O5. The van der Waals surface area contributed by atoms with E-state index in [2.05, 4.69) is 4.74 Å². The molecule has 0 spiro atoms. The molecule has 1 aliphatic rings. The summed E-state index contributed by atoms with van der Waals surface area (Å²) >= 11 is 0. The maximum atomic E-state index is 10.9. The van der Waals surface area contributed by atoms with Crippen LogP contribution < -0.4 is 0 Å². The first-order chi connectivity index (χ1) is 5.13. The van der Waals surface area contributed by atoms with Crippen LogP contribution in [0.25, 0.3) is 0 Å². The van der Waals surface area contributed by atoms with Crippen molar-refractivity contribution in [3.63, 3.8) is 0 Å². The normalized spacial score (nSPS) is 31.9. The van der Waals surface area contributed by atoms with E-state index in [0.717, 1.165) is 0 Å². The van der Waals surface area contributed by atoms with Crippen molar-refractivity contribution in [3.8, 4) is 0 Å². The lowest BCUT2D eigenvalue weighted by Crippen LogP contribution is -2.43. The number of aliphatic hydroxyl groups is 1. The summed E-state index contributed by atoms with van der Waals surface area (Å²) in [7, 11) is 0. The summed E-state index contributed by atoms with van der Waals surface area (Å²) in [5.41, 5.74) is 0. The lowest BCUT2D eigenvalue weighted by molar-refractivity contribution is -0.159. The number of carbonyl (C=O) groups is 2. The summed E-state index contributed by atoms with van der Waals surface area (Å²) in [6, 6.07) is 0. The highest BCUT2D eigenvalue weighted by molar-refractivity contribution is 6.01. The Morgan fingerprint density at radius 2 is 2.18 bits per heavy atom. The Balaban J connectivity index is 2.66. The van der Waals surface area contributed by atoms with Gasteiger partial charge in [-0.2, -0.15) is 0 Å². The predicted octanol–water partition coefficient (Wildman–Crippen LogP) is -1.35. The van der Waals surface area contributed by atoms with E-state index in [4.69, 9.17) is 10.2 Å². The zero-order valence-electron chi connectivity index (χ0n) is 5.69. The Bertz CT molecular complexity index is 187. The van der Waals surface area contributed by atoms with Crippen LogP contribution in [0.1, 0.15) is 0 Å². The van der Waals surface area contributed by atoms with Crippen molar-refractivity contribution in [2.75, 3.05) is 13.2 Å². The predicted molar refractivity (Wildman–Crippen MR) is 33.0 cm³/mol. The fraction of sp³-hybridized carbons (Fsp3) is 0.667. The van der Waals surface area contributed by atoms with Gasteiger partial charge < -0.3 is 14.9 Å². The first-order valence-electron chi connectivity index (χ1n) is 3.15. The van der Waals surface area contributed by atoms with Crippen LogP contribution in [0.5, 0.6) is 0 Å². The van der Waals surface area contributed by atoms with Gasteiger partial charge in [-0.3, -0.25) is 9.59 Å². The molecule has 5 heteroatoms. The smallest absolute Gasteiger partial charge is 0.316 e. The van der Waals surface area contributed by atoms with E-state index < -0.39 is 23.8 Å². The Labute approximate surface area is 62.6 Å². The molecule has 5 nitrogen and oxygen atoms in total. The van der Waals surface area contributed by atoms with Crippen LogP contribution >= 0.6 is 0 Å². The zero-order chi connectivity index (χ0) is 8.43. The standard InChI is InChI=1S/C6H8O5/c7-4-2-11-1-3(5(4)8)6(9)10/h3-4,7H,1-2H2,(H,9,10). The van der Waals surface area contributed by atoms with Crippen LogP contribution in [0.3, 0.4) is 0 Å². The van der Waals surface area contributed by atoms with Crippen molar-refractivity contribution >= 4 is 11.8 Å². The lowest BCUT2D eigenvalue weighted by Gasteiger charge is -2.21. The van der Waals surface area contributed by atoms with E-state index in [0.29, 0.717) is 0 Å². The number of rotatable bonds is 1.